The molecule has 0 atom stereocenters. The number of ether oxygens (including phenoxy) is 5. The number of hydrogen-bond donors (Lipinski definition) is 2. The van der Waals surface area contributed by atoms with Gasteiger partial charge in [0, 0.05) is 23.7 Å². The van der Waals surface area contributed by atoms with Crippen molar-refractivity contribution in [1.82, 2.24) is 5.32 Å². The first kappa shape index (κ1) is 28.4. The summed E-state index contributed by atoms with van der Waals surface area (Å²) in [6, 6.07) is 8.63. The van der Waals surface area contributed by atoms with E-state index in [-0.39, 0.29) is 29.4 Å². The molecule has 2 aromatic carbocycles. The monoisotopic (exact) mass is 508 g/mol. The van der Waals surface area contributed by atoms with E-state index in [9.17, 15) is 14.4 Å². The van der Waals surface area contributed by atoms with E-state index >= 15 is 0 Å². The molecule has 0 saturated carbocycles. The van der Waals surface area contributed by atoms with Crippen LogP contribution in [-0.4, -0.2) is 52.8 Å². The van der Waals surface area contributed by atoms with Gasteiger partial charge >= 0.3 is 5.97 Å². The smallest absolute Gasteiger partial charge is 0.340 e. The summed E-state index contributed by atoms with van der Waals surface area (Å²) in [5.74, 6) is 4.14. The van der Waals surface area contributed by atoms with Gasteiger partial charge in [-0.1, -0.05) is 5.92 Å². The van der Waals surface area contributed by atoms with Gasteiger partial charge in [0.05, 0.1) is 51.9 Å². The van der Waals surface area contributed by atoms with Crippen LogP contribution in [0.2, 0.25) is 0 Å². The average molecular weight is 509 g/mol. The highest BCUT2D eigenvalue weighted by Crippen LogP contribution is 2.36. The molecule has 0 fully saturated rings. The van der Waals surface area contributed by atoms with E-state index in [2.05, 4.69) is 22.6 Å². The lowest BCUT2D eigenvalue weighted by atomic mass is 10.0. The van der Waals surface area contributed by atoms with Gasteiger partial charge < -0.3 is 29.0 Å². The quantitative estimate of drug-likeness (QED) is 0.206. The molecule has 0 aliphatic carbocycles. The topological polar surface area (TPSA) is 121 Å². The van der Waals surface area contributed by atoms with Crippen molar-refractivity contribution in [3.63, 3.8) is 0 Å². The minimum absolute atomic E-state index is 0.0409. The van der Waals surface area contributed by atoms with Crippen molar-refractivity contribution in [2.75, 3.05) is 40.4 Å². The summed E-state index contributed by atoms with van der Waals surface area (Å²) in [5, 5.41) is 4.93. The highest BCUT2D eigenvalue weighted by atomic mass is 16.5. The van der Waals surface area contributed by atoms with Gasteiger partial charge in [0.2, 0.25) is 0 Å². The van der Waals surface area contributed by atoms with Crippen LogP contribution in [0.4, 0.5) is 5.69 Å². The number of carbonyl (C=O) groups excluding carboxylic acids is 3. The molecule has 0 heterocycles. The first-order valence-electron chi connectivity index (χ1n) is 11.0. The molecule has 0 aliphatic heterocycles. The van der Waals surface area contributed by atoms with Crippen LogP contribution < -0.4 is 29.6 Å². The van der Waals surface area contributed by atoms with Crippen molar-refractivity contribution in [2.24, 2.45) is 0 Å². The van der Waals surface area contributed by atoms with E-state index in [0.717, 1.165) is 0 Å². The SMILES string of the molecule is C#CC(=O)Nc1cc(OC)c(OCCCc2c(OC)ccc(C(=O)NC#CC)c2OC)cc1C(=O)OC. The molecule has 0 aromatic heterocycles. The van der Waals surface area contributed by atoms with Crippen molar-refractivity contribution < 1.29 is 38.1 Å². The molecule has 2 N–H and O–H groups in total. The maximum Gasteiger partial charge on any atom is 0.340 e. The molecule has 2 rings (SSSR count). The number of anilines is 1. The summed E-state index contributed by atoms with van der Waals surface area (Å²) in [7, 11) is 5.62. The number of hydrogen-bond acceptors (Lipinski definition) is 8. The van der Waals surface area contributed by atoms with Crippen molar-refractivity contribution in [2.45, 2.75) is 19.8 Å². The molecule has 0 bridgehead atoms. The highest BCUT2D eigenvalue weighted by molar-refractivity contribution is 6.08. The molecule has 37 heavy (non-hydrogen) atoms. The normalized spacial score (nSPS) is 9.62. The van der Waals surface area contributed by atoms with Crippen LogP contribution in [0.1, 0.15) is 39.6 Å². The van der Waals surface area contributed by atoms with Crippen LogP contribution in [0.15, 0.2) is 24.3 Å². The summed E-state index contributed by atoms with van der Waals surface area (Å²) in [5.41, 5.74) is 1.16. The van der Waals surface area contributed by atoms with Gasteiger partial charge in [0.1, 0.15) is 11.5 Å². The van der Waals surface area contributed by atoms with E-state index in [1.165, 1.54) is 40.6 Å². The third-order valence-corrected chi connectivity index (χ3v) is 5.10. The maximum absolute atomic E-state index is 12.5. The molecule has 0 aliphatic rings. The van der Waals surface area contributed by atoms with E-state index in [1.54, 1.807) is 19.1 Å². The van der Waals surface area contributed by atoms with Crippen molar-refractivity contribution in [3.8, 4) is 47.3 Å². The zero-order valence-corrected chi connectivity index (χ0v) is 21.3. The third kappa shape index (κ3) is 7.09. The summed E-state index contributed by atoms with van der Waals surface area (Å²) < 4.78 is 27.0. The average Bonchev–Trinajstić information content (AvgIpc) is 2.92. The minimum Gasteiger partial charge on any atom is -0.496 e. The fourth-order valence-electron chi connectivity index (χ4n) is 3.44. The molecule has 2 amide bonds. The van der Waals surface area contributed by atoms with Crippen LogP contribution in [-0.2, 0) is 16.0 Å². The lowest BCUT2D eigenvalue weighted by molar-refractivity contribution is -0.111. The van der Waals surface area contributed by atoms with Crippen LogP contribution in [0.25, 0.3) is 0 Å². The molecular formula is C27H28N2O8. The summed E-state index contributed by atoms with van der Waals surface area (Å²) in [4.78, 5) is 36.4. The first-order valence-corrected chi connectivity index (χ1v) is 11.0. The fourth-order valence-corrected chi connectivity index (χ4v) is 3.44. The molecule has 0 saturated heterocycles. The van der Waals surface area contributed by atoms with Gasteiger partial charge in [-0.3, -0.25) is 14.9 Å². The van der Waals surface area contributed by atoms with Gasteiger partial charge in [0.25, 0.3) is 11.8 Å². The zero-order chi connectivity index (χ0) is 27.4. The van der Waals surface area contributed by atoms with Gasteiger partial charge in [-0.2, -0.15) is 0 Å². The first-order chi connectivity index (χ1) is 17.8. The predicted octanol–water partition coefficient (Wildman–Crippen LogP) is 2.79. The molecule has 10 nitrogen and oxygen atoms in total. The van der Waals surface area contributed by atoms with E-state index in [0.29, 0.717) is 35.5 Å². The van der Waals surface area contributed by atoms with Crippen LogP contribution in [0.3, 0.4) is 0 Å². The van der Waals surface area contributed by atoms with Crippen molar-refractivity contribution in [3.05, 3.63) is 41.0 Å². The summed E-state index contributed by atoms with van der Waals surface area (Å²) in [6.07, 6.45) is 6.04. The van der Waals surface area contributed by atoms with E-state index in [1.807, 2.05) is 5.92 Å². The lowest BCUT2D eigenvalue weighted by Crippen LogP contribution is -2.19. The van der Waals surface area contributed by atoms with Crippen LogP contribution in [0, 0.1) is 24.3 Å². The number of rotatable bonds is 11. The van der Waals surface area contributed by atoms with Crippen molar-refractivity contribution in [1.29, 1.82) is 0 Å². The Balaban J connectivity index is 2.27. The zero-order valence-electron chi connectivity index (χ0n) is 21.3. The second-order valence-electron chi connectivity index (χ2n) is 7.25. The van der Waals surface area contributed by atoms with E-state index in [4.69, 9.17) is 30.1 Å². The Bertz CT molecular complexity index is 1270. The molecule has 10 heteroatoms. The predicted molar refractivity (Wildman–Crippen MR) is 136 cm³/mol. The number of nitrogens with one attached hydrogen (secondary N) is 2. The largest absolute Gasteiger partial charge is 0.496 e. The van der Waals surface area contributed by atoms with Crippen molar-refractivity contribution >= 4 is 23.5 Å². The summed E-state index contributed by atoms with van der Waals surface area (Å²) >= 11 is 0. The molecule has 0 spiro atoms. The second kappa shape index (κ2) is 13.9. The van der Waals surface area contributed by atoms with Gasteiger partial charge in [0.15, 0.2) is 11.5 Å². The maximum atomic E-state index is 12.5. The highest BCUT2D eigenvalue weighted by Gasteiger charge is 2.21. The van der Waals surface area contributed by atoms with Gasteiger partial charge in [-0.15, -0.1) is 6.42 Å². The lowest BCUT2D eigenvalue weighted by Gasteiger charge is -2.17. The Morgan fingerprint density at radius 1 is 0.946 bits per heavy atom. The van der Waals surface area contributed by atoms with Crippen LogP contribution in [0.5, 0.6) is 23.0 Å². The third-order valence-electron chi connectivity index (χ3n) is 5.10. The standard InChI is InChI=1S/C27H28N2O8/c1-7-13-28-26(31)18-11-12-21(33-3)17(25(18)35-5)10-9-14-37-23-15-19(27(32)36-6)20(16-22(23)34-4)29-24(30)8-2/h2,11-12,15-16H,9-10,14H2,1,3-6H3,(H,28,31)(H,29,30). The Kier molecular flexibility index (Phi) is 10.7. The van der Waals surface area contributed by atoms with E-state index < -0.39 is 17.8 Å². The minimum atomic E-state index is -0.735. The number of amides is 2. The Morgan fingerprint density at radius 3 is 2.27 bits per heavy atom. The number of esters is 1. The number of methoxy groups -OCH3 is 4. The number of carbonyl (C=O) groups is 3. The molecule has 0 unspecified atom stereocenters. The molecular weight excluding hydrogens is 480 g/mol. The summed E-state index contributed by atoms with van der Waals surface area (Å²) in [6.45, 7) is 1.82. The van der Waals surface area contributed by atoms with Gasteiger partial charge in [-0.25, -0.2) is 4.79 Å². The van der Waals surface area contributed by atoms with Crippen LogP contribution >= 0.6 is 0 Å². The number of benzene rings is 2. The molecule has 2 aromatic rings. The number of terminal acetylenes is 1. The van der Waals surface area contributed by atoms with Gasteiger partial charge in [-0.05, 0) is 37.8 Å². The Labute approximate surface area is 215 Å². The fraction of sp³-hybridized carbons (Fsp3) is 0.296. The molecule has 194 valence electrons. The Morgan fingerprint density at radius 2 is 1.68 bits per heavy atom. The second-order valence-corrected chi connectivity index (χ2v) is 7.25. The molecule has 0 radical (unpaired) electrons. The Hall–Kier alpha value is -4.83.